The molecule has 1 aromatic rings. The Hall–Kier alpha value is -0.860. The fourth-order valence-electron chi connectivity index (χ4n) is 1.77. The maximum Gasteiger partial charge on any atom is 0.184 e. The van der Waals surface area contributed by atoms with Crippen molar-refractivity contribution in [1.82, 2.24) is 0 Å². The van der Waals surface area contributed by atoms with Crippen molar-refractivity contribution in [2.24, 2.45) is 0 Å². The van der Waals surface area contributed by atoms with Crippen molar-refractivity contribution in [1.29, 1.82) is 0 Å². The van der Waals surface area contributed by atoms with Crippen LogP contribution in [0.3, 0.4) is 0 Å². The first-order chi connectivity index (χ1) is 7.60. The normalized spacial score (nSPS) is 11.1. The molecule has 16 heavy (non-hydrogen) atoms. The molecule has 0 aliphatic rings. The van der Waals surface area contributed by atoms with Crippen LogP contribution in [0.25, 0.3) is 0 Å². The zero-order chi connectivity index (χ0) is 12.1. The maximum atomic E-state index is 5.62. The van der Waals surface area contributed by atoms with Crippen LogP contribution in [-0.2, 0) is 9.47 Å². The predicted molar refractivity (Wildman–Crippen MR) is 66.6 cm³/mol. The number of rotatable bonds is 5. The molecule has 0 fully saturated rings. The number of benzene rings is 1. The lowest BCUT2D eigenvalue weighted by atomic mass is 10.0. The van der Waals surface area contributed by atoms with E-state index in [1.165, 1.54) is 16.7 Å². The first kappa shape index (κ1) is 13.2. The third-order valence-electron chi connectivity index (χ3n) is 2.77. The van der Waals surface area contributed by atoms with Gasteiger partial charge in [0.1, 0.15) is 0 Å². The van der Waals surface area contributed by atoms with Gasteiger partial charge in [0.25, 0.3) is 0 Å². The van der Waals surface area contributed by atoms with E-state index in [-0.39, 0.29) is 6.29 Å². The number of ether oxygens (including phenoxy) is 2. The van der Waals surface area contributed by atoms with Gasteiger partial charge >= 0.3 is 0 Å². The molecule has 2 heteroatoms. The van der Waals surface area contributed by atoms with Gasteiger partial charge in [-0.25, -0.2) is 0 Å². The molecular formula is C14H22O2. The molecule has 0 atom stereocenters. The summed E-state index contributed by atoms with van der Waals surface area (Å²) in [6.07, 6.45) is -0.228. The van der Waals surface area contributed by atoms with Crippen molar-refractivity contribution in [2.75, 3.05) is 13.2 Å². The van der Waals surface area contributed by atoms with E-state index in [1.54, 1.807) is 0 Å². The summed E-state index contributed by atoms with van der Waals surface area (Å²) >= 11 is 0. The van der Waals surface area contributed by atoms with Crippen molar-refractivity contribution in [3.63, 3.8) is 0 Å². The maximum absolute atomic E-state index is 5.62. The Morgan fingerprint density at radius 3 is 1.88 bits per heavy atom. The van der Waals surface area contributed by atoms with Gasteiger partial charge in [-0.1, -0.05) is 12.1 Å². The number of hydrogen-bond acceptors (Lipinski definition) is 2. The largest absolute Gasteiger partial charge is 0.349 e. The molecule has 0 N–H and O–H groups in total. The molecule has 1 rings (SSSR count). The summed E-state index contributed by atoms with van der Waals surface area (Å²) in [7, 11) is 0. The molecule has 1 aromatic carbocycles. The molecule has 0 saturated heterocycles. The Bertz CT molecular complexity index is 339. The Balaban J connectivity index is 3.03. The van der Waals surface area contributed by atoms with Gasteiger partial charge in [0.2, 0.25) is 0 Å². The Labute approximate surface area is 98.6 Å². The summed E-state index contributed by atoms with van der Waals surface area (Å²) in [5.41, 5.74) is 4.97. The Morgan fingerprint density at radius 1 is 0.875 bits per heavy atom. The first-order valence-electron chi connectivity index (χ1n) is 5.91. The third-order valence-corrected chi connectivity index (χ3v) is 2.77. The van der Waals surface area contributed by atoms with E-state index in [2.05, 4.69) is 32.9 Å². The van der Waals surface area contributed by atoms with Crippen LogP contribution in [0.5, 0.6) is 0 Å². The Kier molecular flexibility index (Phi) is 4.97. The zero-order valence-electron chi connectivity index (χ0n) is 11.0. The second-order valence-corrected chi connectivity index (χ2v) is 4.04. The average Bonchev–Trinajstić information content (AvgIpc) is 2.23. The minimum atomic E-state index is -0.228. The van der Waals surface area contributed by atoms with Crippen LogP contribution >= 0.6 is 0 Å². The molecule has 0 unspecified atom stereocenters. The van der Waals surface area contributed by atoms with Crippen LogP contribution in [0.4, 0.5) is 0 Å². The number of aryl methyl sites for hydroxylation is 3. The van der Waals surface area contributed by atoms with Crippen molar-refractivity contribution >= 4 is 0 Å². The molecule has 0 aromatic heterocycles. The summed E-state index contributed by atoms with van der Waals surface area (Å²) < 4.78 is 11.2. The van der Waals surface area contributed by atoms with Crippen LogP contribution < -0.4 is 0 Å². The molecule has 90 valence electrons. The lowest BCUT2D eigenvalue weighted by Crippen LogP contribution is -2.11. The second kappa shape index (κ2) is 6.02. The minimum absolute atomic E-state index is 0.228. The van der Waals surface area contributed by atoms with E-state index in [4.69, 9.17) is 9.47 Å². The minimum Gasteiger partial charge on any atom is -0.349 e. The zero-order valence-corrected chi connectivity index (χ0v) is 11.0. The van der Waals surface area contributed by atoms with E-state index in [1.807, 2.05) is 13.8 Å². The smallest absolute Gasteiger partial charge is 0.184 e. The lowest BCUT2D eigenvalue weighted by molar-refractivity contribution is -0.140. The van der Waals surface area contributed by atoms with Crippen molar-refractivity contribution in [2.45, 2.75) is 40.9 Å². The highest BCUT2D eigenvalue weighted by molar-refractivity contribution is 5.37. The summed E-state index contributed by atoms with van der Waals surface area (Å²) in [5, 5.41) is 0. The van der Waals surface area contributed by atoms with Crippen molar-refractivity contribution in [3.05, 3.63) is 34.4 Å². The third kappa shape index (κ3) is 3.06. The van der Waals surface area contributed by atoms with Crippen LogP contribution in [0.15, 0.2) is 12.1 Å². The fraction of sp³-hybridized carbons (Fsp3) is 0.571. The molecule has 0 amide bonds. The Morgan fingerprint density at radius 2 is 1.38 bits per heavy atom. The SMILES string of the molecule is CCOC(OCC)c1cc(C)c(C)cc1C. The first-order valence-corrected chi connectivity index (χ1v) is 5.91. The molecule has 0 bridgehead atoms. The predicted octanol–water partition coefficient (Wildman–Crippen LogP) is 3.68. The van der Waals surface area contributed by atoms with Gasteiger partial charge in [-0.15, -0.1) is 0 Å². The van der Waals surface area contributed by atoms with Gasteiger partial charge in [-0.2, -0.15) is 0 Å². The number of hydrogen-bond donors (Lipinski definition) is 0. The van der Waals surface area contributed by atoms with Gasteiger partial charge < -0.3 is 9.47 Å². The molecule has 0 aliphatic carbocycles. The van der Waals surface area contributed by atoms with Crippen molar-refractivity contribution in [3.8, 4) is 0 Å². The van der Waals surface area contributed by atoms with Gasteiger partial charge in [-0.05, 0) is 51.3 Å². The second-order valence-electron chi connectivity index (χ2n) is 4.04. The summed E-state index contributed by atoms with van der Waals surface area (Å²) in [6, 6.07) is 4.36. The molecule has 0 aliphatic heterocycles. The van der Waals surface area contributed by atoms with E-state index < -0.39 is 0 Å². The summed E-state index contributed by atoms with van der Waals surface area (Å²) in [6.45, 7) is 11.7. The van der Waals surface area contributed by atoms with E-state index >= 15 is 0 Å². The molecule has 0 spiro atoms. The van der Waals surface area contributed by atoms with Crippen LogP contribution in [-0.4, -0.2) is 13.2 Å². The monoisotopic (exact) mass is 222 g/mol. The van der Waals surface area contributed by atoms with Crippen LogP contribution in [0.2, 0.25) is 0 Å². The topological polar surface area (TPSA) is 18.5 Å². The van der Waals surface area contributed by atoms with Gasteiger partial charge in [0, 0.05) is 18.8 Å². The lowest BCUT2D eigenvalue weighted by Gasteiger charge is -2.20. The summed E-state index contributed by atoms with van der Waals surface area (Å²) in [4.78, 5) is 0. The van der Waals surface area contributed by atoms with Crippen LogP contribution in [0.1, 0.15) is 42.4 Å². The van der Waals surface area contributed by atoms with Gasteiger partial charge in [0.05, 0.1) is 0 Å². The van der Waals surface area contributed by atoms with Crippen LogP contribution in [0, 0.1) is 20.8 Å². The fourth-order valence-corrected chi connectivity index (χ4v) is 1.77. The van der Waals surface area contributed by atoms with Gasteiger partial charge in [0.15, 0.2) is 6.29 Å². The highest BCUT2D eigenvalue weighted by atomic mass is 16.7. The molecule has 0 saturated carbocycles. The van der Waals surface area contributed by atoms with E-state index in [9.17, 15) is 0 Å². The molecule has 0 heterocycles. The van der Waals surface area contributed by atoms with E-state index in [0.717, 1.165) is 5.56 Å². The standard InChI is InChI=1S/C14H22O2/c1-6-15-14(16-7-2)13-9-11(4)10(3)8-12(13)5/h8-9,14H,6-7H2,1-5H3. The van der Waals surface area contributed by atoms with Crippen molar-refractivity contribution < 1.29 is 9.47 Å². The quantitative estimate of drug-likeness (QED) is 0.707. The average molecular weight is 222 g/mol. The molecule has 0 radical (unpaired) electrons. The summed E-state index contributed by atoms with van der Waals surface area (Å²) in [5.74, 6) is 0. The van der Waals surface area contributed by atoms with E-state index in [0.29, 0.717) is 13.2 Å². The highest BCUT2D eigenvalue weighted by Gasteiger charge is 2.14. The molecule has 2 nitrogen and oxygen atoms in total. The highest BCUT2D eigenvalue weighted by Crippen LogP contribution is 2.25. The molecular weight excluding hydrogens is 200 g/mol. The van der Waals surface area contributed by atoms with Gasteiger partial charge in [-0.3, -0.25) is 0 Å².